The first kappa shape index (κ1) is 13.0. The SMILES string of the molecule is CCC(C)C1C(=O)NCC(=O)N1CCOC. The van der Waals surface area contributed by atoms with E-state index in [0.717, 1.165) is 6.42 Å². The summed E-state index contributed by atoms with van der Waals surface area (Å²) in [4.78, 5) is 25.1. The second kappa shape index (κ2) is 5.84. The third-order valence-corrected chi connectivity index (χ3v) is 3.06. The Morgan fingerprint density at radius 2 is 2.25 bits per heavy atom. The summed E-state index contributed by atoms with van der Waals surface area (Å²) in [5.74, 6) is 0.0908. The topological polar surface area (TPSA) is 58.6 Å². The molecule has 1 N–H and O–H groups in total. The minimum Gasteiger partial charge on any atom is -0.383 e. The summed E-state index contributed by atoms with van der Waals surface area (Å²) < 4.78 is 4.96. The van der Waals surface area contributed by atoms with Gasteiger partial charge in [0.05, 0.1) is 13.2 Å². The summed E-state index contributed by atoms with van der Waals surface area (Å²) in [5.41, 5.74) is 0. The van der Waals surface area contributed by atoms with Gasteiger partial charge in [0.2, 0.25) is 11.8 Å². The van der Waals surface area contributed by atoms with E-state index < -0.39 is 0 Å². The molecule has 0 spiro atoms. The van der Waals surface area contributed by atoms with E-state index in [-0.39, 0.29) is 30.3 Å². The molecule has 2 atom stereocenters. The van der Waals surface area contributed by atoms with Crippen LogP contribution in [0.1, 0.15) is 20.3 Å². The smallest absolute Gasteiger partial charge is 0.243 e. The second-order valence-electron chi connectivity index (χ2n) is 4.13. The van der Waals surface area contributed by atoms with Crippen LogP contribution in [0.2, 0.25) is 0 Å². The van der Waals surface area contributed by atoms with Crippen molar-refractivity contribution in [2.24, 2.45) is 5.92 Å². The van der Waals surface area contributed by atoms with Gasteiger partial charge in [-0.25, -0.2) is 0 Å². The molecular formula is C11H20N2O3. The van der Waals surface area contributed by atoms with Crippen molar-refractivity contribution in [1.82, 2.24) is 10.2 Å². The van der Waals surface area contributed by atoms with Crippen LogP contribution in [0.5, 0.6) is 0 Å². The number of carbonyl (C=O) groups is 2. The molecule has 1 aliphatic heterocycles. The van der Waals surface area contributed by atoms with Crippen LogP contribution < -0.4 is 5.32 Å². The summed E-state index contributed by atoms with van der Waals surface area (Å²) in [5, 5.41) is 2.63. The first-order chi connectivity index (χ1) is 7.61. The van der Waals surface area contributed by atoms with Gasteiger partial charge in [-0.2, -0.15) is 0 Å². The molecule has 1 saturated heterocycles. The van der Waals surface area contributed by atoms with Gasteiger partial charge in [-0.1, -0.05) is 20.3 Å². The third kappa shape index (κ3) is 2.72. The van der Waals surface area contributed by atoms with Crippen LogP contribution >= 0.6 is 0 Å². The van der Waals surface area contributed by atoms with Gasteiger partial charge < -0.3 is 15.0 Å². The van der Waals surface area contributed by atoms with E-state index in [1.54, 1.807) is 12.0 Å². The zero-order chi connectivity index (χ0) is 12.1. The molecule has 0 aliphatic carbocycles. The lowest BCUT2D eigenvalue weighted by Crippen LogP contribution is -2.61. The van der Waals surface area contributed by atoms with Gasteiger partial charge in [-0.05, 0) is 5.92 Å². The Bertz CT molecular complexity index is 268. The van der Waals surface area contributed by atoms with E-state index in [4.69, 9.17) is 4.74 Å². The number of hydrogen-bond acceptors (Lipinski definition) is 3. The molecule has 0 bridgehead atoms. The maximum atomic E-state index is 11.8. The Labute approximate surface area is 96.1 Å². The van der Waals surface area contributed by atoms with Crippen molar-refractivity contribution in [1.29, 1.82) is 0 Å². The molecule has 5 nitrogen and oxygen atoms in total. The molecule has 0 saturated carbocycles. The first-order valence-corrected chi connectivity index (χ1v) is 5.68. The molecule has 2 unspecified atom stereocenters. The van der Waals surface area contributed by atoms with Gasteiger partial charge >= 0.3 is 0 Å². The molecule has 1 fully saturated rings. The van der Waals surface area contributed by atoms with Crippen LogP contribution in [0, 0.1) is 5.92 Å². The molecular weight excluding hydrogens is 208 g/mol. The predicted octanol–water partition coefficient (Wildman–Crippen LogP) is 0.00590. The van der Waals surface area contributed by atoms with Crippen LogP contribution in [0.25, 0.3) is 0 Å². The third-order valence-electron chi connectivity index (χ3n) is 3.06. The van der Waals surface area contributed by atoms with Crippen molar-refractivity contribution in [3.05, 3.63) is 0 Å². The van der Waals surface area contributed by atoms with Gasteiger partial charge in [-0.3, -0.25) is 9.59 Å². The fourth-order valence-electron chi connectivity index (χ4n) is 1.91. The largest absolute Gasteiger partial charge is 0.383 e. The number of nitrogens with one attached hydrogen (secondary N) is 1. The van der Waals surface area contributed by atoms with Crippen LogP contribution in [-0.2, 0) is 14.3 Å². The maximum Gasteiger partial charge on any atom is 0.243 e. The van der Waals surface area contributed by atoms with Crippen molar-refractivity contribution in [2.45, 2.75) is 26.3 Å². The van der Waals surface area contributed by atoms with Gasteiger partial charge in [-0.15, -0.1) is 0 Å². The van der Waals surface area contributed by atoms with Crippen LogP contribution in [-0.4, -0.2) is 49.6 Å². The van der Waals surface area contributed by atoms with Crippen molar-refractivity contribution < 1.29 is 14.3 Å². The number of carbonyl (C=O) groups excluding carboxylic acids is 2. The zero-order valence-electron chi connectivity index (χ0n) is 10.2. The molecule has 1 aliphatic rings. The Balaban J connectivity index is 2.77. The van der Waals surface area contributed by atoms with Crippen molar-refractivity contribution in [3.8, 4) is 0 Å². The highest BCUT2D eigenvalue weighted by Crippen LogP contribution is 2.17. The average molecular weight is 228 g/mol. The molecule has 5 heteroatoms. The van der Waals surface area contributed by atoms with Gasteiger partial charge in [0.1, 0.15) is 6.04 Å². The van der Waals surface area contributed by atoms with E-state index in [2.05, 4.69) is 5.32 Å². The van der Waals surface area contributed by atoms with E-state index in [9.17, 15) is 9.59 Å². The Kier molecular flexibility index (Phi) is 4.73. The fourth-order valence-corrected chi connectivity index (χ4v) is 1.91. The number of hydrogen-bond donors (Lipinski definition) is 1. The molecule has 0 radical (unpaired) electrons. The first-order valence-electron chi connectivity index (χ1n) is 5.68. The van der Waals surface area contributed by atoms with E-state index in [0.29, 0.717) is 13.2 Å². The average Bonchev–Trinajstić information content (AvgIpc) is 2.29. The number of piperazine rings is 1. The lowest BCUT2D eigenvalue weighted by Gasteiger charge is -2.37. The van der Waals surface area contributed by atoms with Crippen LogP contribution in [0.3, 0.4) is 0 Å². The summed E-state index contributed by atoms with van der Waals surface area (Å²) >= 11 is 0. The minimum absolute atomic E-state index is 0.0260. The maximum absolute atomic E-state index is 11.8. The van der Waals surface area contributed by atoms with E-state index in [1.807, 2.05) is 13.8 Å². The highest BCUT2D eigenvalue weighted by Gasteiger charge is 2.36. The summed E-state index contributed by atoms with van der Waals surface area (Å²) in [6.07, 6.45) is 0.870. The van der Waals surface area contributed by atoms with E-state index in [1.165, 1.54) is 0 Å². The molecule has 16 heavy (non-hydrogen) atoms. The van der Waals surface area contributed by atoms with Crippen LogP contribution in [0.4, 0.5) is 0 Å². The highest BCUT2D eigenvalue weighted by atomic mass is 16.5. The zero-order valence-corrected chi connectivity index (χ0v) is 10.2. The Morgan fingerprint density at radius 1 is 1.56 bits per heavy atom. The quantitative estimate of drug-likeness (QED) is 0.721. The standard InChI is InChI=1S/C11H20N2O3/c1-4-8(2)10-11(15)12-7-9(14)13(10)5-6-16-3/h8,10H,4-7H2,1-3H3,(H,12,15). The lowest BCUT2D eigenvalue weighted by molar-refractivity contribution is -0.148. The van der Waals surface area contributed by atoms with E-state index >= 15 is 0 Å². The Hall–Kier alpha value is -1.10. The molecule has 0 aromatic rings. The van der Waals surface area contributed by atoms with Gasteiger partial charge in [0.15, 0.2) is 0 Å². The monoisotopic (exact) mass is 228 g/mol. The Morgan fingerprint density at radius 3 is 2.81 bits per heavy atom. The minimum atomic E-state index is -0.346. The summed E-state index contributed by atoms with van der Waals surface area (Å²) in [6, 6.07) is -0.346. The van der Waals surface area contributed by atoms with Crippen LogP contribution in [0.15, 0.2) is 0 Å². The highest BCUT2D eigenvalue weighted by molar-refractivity contribution is 5.95. The molecule has 0 aromatic carbocycles. The van der Waals surface area contributed by atoms with Crippen molar-refractivity contribution in [3.63, 3.8) is 0 Å². The normalized spacial score (nSPS) is 23.2. The van der Waals surface area contributed by atoms with Crippen molar-refractivity contribution in [2.75, 3.05) is 26.8 Å². The second-order valence-corrected chi connectivity index (χ2v) is 4.13. The molecule has 1 heterocycles. The molecule has 0 aromatic heterocycles. The van der Waals surface area contributed by atoms with Gasteiger partial charge in [0.25, 0.3) is 0 Å². The number of amides is 2. The van der Waals surface area contributed by atoms with Crippen molar-refractivity contribution >= 4 is 11.8 Å². The number of ether oxygens (including phenoxy) is 1. The summed E-state index contributed by atoms with van der Waals surface area (Å²) in [6.45, 7) is 5.06. The lowest BCUT2D eigenvalue weighted by atomic mass is 9.95. The molecule has 1 rings (SSSR count). The van der Waals surface area contributed by atoms with Gasteiger partial charge in [0, 0.05) is 13.7 Å². The fraction of sp³-hybridized carbons (Fsp3) is 0.818. The predicted molar refractivity (Wildman–Crippen MR) is 59.8 cm³/mol. The number of nitrogens with zero attached hydrogens (tertiary/aromatic N) is 1. The number of methoxy groups -OCH3 is 1. The molecule has 2 amide bonds. The summed E-state index contributed by atoms with van der Waals surface area (Å²) in [7, 11) is 1.59. The molecule has 92 valence electrons. The number of rotatable bonds is 5.